The van der Waals surface area contributed by atoms with Gasteiger partial charge in [0.25, 0.3) is 0 Å². The number of hydrogen-bond donors (Lipinski definition) is 1. The van der Waals surface area contributed by atoms with Crippen LogP contribution in [-0.4, -0.2) is 33.9 Å². The maximum Gasteiger partial charge on any atom is 0.157 e. The second-order valence-electron chi connectivity index (χ2n) is 4.96. The number of anilines is 1. The molecule has 0 spiro atoms. The zero-order valence-electron chi connectivity index (χ0n) is 10.8. The molecule has 2 aromatic heterocycles. The van der Waals surface area contributed by atoms with Gasteiger partial charge in [0.05, 0.1) is 6.10 Å². The highest BCUT2D eigenvalue weighted by Gasteiger charge is 2.24. The van der Waals surface area contributed by atoms with Crippen LogP contribution in [0.3, 0.4) is 0 Å². The molecule has 96 valence electrons. The second-order valence-corrected chi connectivity index (χ2v) is 4.96. The van der Waals surface area contributed by atoms with Crippen molar-refractivity contribution in [1.82, 2.24) is 14.6 Å². The van der Waals surface area contributed by atoms with Crippen molar-refractivity contribution in [1.29, 1.82) is 0 Å². The Kier molecular flexibility index (Phi) is 2.91. The summed E-state index contributed by atoms with van der Waals surface area (Å²) < 4.78 is 7.25. The largest absolute Gasteiger partial charge is 0.381 e. The van der Waals surface area contributed by atoms with E-state index in [1.54, 1.807) is 13.4 Å². The van der Waals surface area contributed by atoms with Crippen LogP contribution in [0.25, 0.3) is 5.65 Å². The number of rotatable bonds is 3. The van der Waals surface area contributed by atoms with Gasteiger partial charge in [0.2, 0.25) is 0 Å². The molecule has 3 rings (SSSR count). The molecule has 2 atom stereocenters. The summed E-state index contributed by atoms with van der Waals surface area (Å²) in [7, 11) is 1.79. The number of aromatic nitrogens is 3. The maximum atomic E-state index is 5.40. The first kappa shape index (κ1) is 11.5. The van der Waals surface area contributed by atoms with Crippen molar-refractivity contribution in [3.63, 3.8) is 0 Å². The van der Waals surface area contributed by atoms with Gasteiger partial charge in [-0.3, -0.25) is 0 Å². The maximum absolute atomic E-state index is 5.40. The van der Waals surface area contributed by atoms with Crippen molar-refractivity contribution in [2.24, 2.45) is 0 Å². The molecule has 0 aliphatic heterocycles. The number of methoxy groups -OCH3 is 1. The third-order valence-corrected chi connectivity index (χ3v) is 3.59. The summed E-state index contributed by atoms with van der Waals surface area (Å²) in [6.45, 7) is 2.08. The zero-order chi connectivity index (χ0) is 12.5. The zero-order valence-corrected chi connectivity index (χ0v) is 10.8. The Morgan fingerprint density at radius 1 is 1.39 bits per heavy atom. The molecule has 0 radical (unpaired) electrons. The smallest absolute Gasteiger partial charge is 0.157 e. The van der Waals surface area contributed by atoms with Gasteiger partial charge in [-0.1, -0.05) is 0 Å². The van der Waals surface area contributed by atoms with Crippen molar-refractivity contribution >= 4 is 11.5 Å². The lowest BCUT2D eigenvalue weighted by Gasteiger charge is -2.15. The van der Waals surface area contributed by atoms with E-state index in [0.29, 0.717) is 12.1 Å². The molecule has 5 heteroatoms. The van der Waals surface area contributed by atoms with Crippen LogP contribution in [0.15, 0.2) is 18.5 Å². The van der Waals surface area contributed by atoms with Crippen molar-refractivity contribution in [2.45, 2.75) is 38.3 Å². The molecule has 2 heterocycles. The third kappa shape index (κ3) is 2.06. The highest BCUT2D eigenvalue weighted by Crippen LogP contribution is 2.25. The van der Waals surface area contributed by atoms with Gasteiger partial charge in [-0.25, -0.2) is 4.98 Å². The number of hydrogen-bond acceptors (Lipinski definition) is 4. The van der Waals surface area contributed by atoms with Gasteiger partial charge in [0.1, 0.15) is 12.1 Å². The monoisotopic (exact) mass is 246 g/mol. The first-order valence-electron chi connectivity index (χ1n) is 6.36. The Morgan fingerprint density at radius 3 is 3.06 bits per heavy atom. The average Bonchev–Trinajstić information content (AvgIpc) is 2.97. The molecule has 1 fully saturated rings. The van der Waals surface area contributed by atoms with Gasteiger partial charge in [0.15, 0.2) is 5.65 Å². The number of ether oxygens (including phenoxy) is 1. The summed E-state index contributed by atoms with van der Waals surface area (Å²) in [5.41, 5.74) is 2.08. The van der Waals surface area contributed by atoms with Crippen LogP contribution >= 0.6 is 0 Å². The molecule has 5 nitrogen and oxygen atoms in total. The van der Waals surface area contributed by atoms with E-state index < -0.39 is 0 Å². The normalized spacial score (nSPS) is 23.7. The van der Waals surface area contributed by atoms with Crippen molar-refractivity contribution in [3.8, 4) is 0 Å². The number of nitrogens with one attached hydrogen (secondary N) is 1. The molecule has 1 N–H and O–H groups in total. The third-order valence-electron chi connectivity index (χ3n) is 3.59. The fourth-order valence-corrected chi connectivity index (χ4v) is 2.65. The molecule has 1 aliphatic carbocycles. The first-order chi connectivity index (χ1) is 8.76. The summed E-state index contributed by atoms with van der Waals surface area (Å²) in [5.74, 6) is 1.02. The lowest BCUT2D eigenvalue weighted by Crippen LogP contribution is -2.19. The molecule has 0 bridgehead atoms. The number of aryl methyl sites for hydroxylation is 1. The van der Waals surface area contributed by atoms with Crippen LogP contribution in [-0.2, 0) is 4.74 Å². The minimum Gasteiger partial charge on any atom is -0.381 e. The van der Waals surface area contributed by atoms with Crippen molar-refractivity contribution in [2.75, 3.05) is 12.4 Å². The summed E-state index contributed by atoms with van der Waals surface area (Å²) in [5, 5.41) is 7.81. The van der Waals surface area contributed by atoms with Crippen LogP contribution in [0.2, 0.25) is 0 Å². The van der Waals surface area contributed by atoms with Crippen LogP contribution < -0.4 is 5.32 Å². The molecular formula is C13H18N4O. The minimum atomic E-state index is 0.388. The van der Waals surface area contributed by atoms with Gasteiger partial charge in [0, 0.05) is 13.2 Å². The number of pyridine rings is 1. The van der Waals surface area contributed by atoms with E-state index in [-0.39, 0.29) is 0 Å². The standard InChI is InChI=1S/C13H18N4O/c1-9-5-12-14-8-15-17(12)13(6-9)16-10-3-4-11(7-10)18-2/h5-6,8,10-11,16H,3-4,7H2,1-2H3. The van der Waals surface area contributed by atoms with E-state index in [1.807, 2.05) is 10.6 Å². The van der Waals surface area contributed by atoms with Gasteiger partial charge < -0.3 is 10.1 Å². The lowest BCUT2D eigenvalue weighted by molar-refractivity contribution is 0.108. The molecule has 0 amide bonds. The van der Waals surface area contributed by atoms with E-state index >= 15 is 0 Å². The van der Waals surface area contributed by atoms with E-state index in [0.717, 1.165) is 30.7 Å². The summed E-state index contributed by atoms with van der Waals surface area (Å²) in [6.07, 6.45) is 5.30. The topological polar surface area (TPSA) is 51.5 Å². The second kappa shape index (κ2) is 4.57. The quantitative estimate of drug-likeness (QED) is 0.900. The van der Waals surface area contributed by atoms with Gasteiger partial charge >= 0.3 is 0 Å². The molecule has 1 aliphatic rings. The fraction of sp³-hybridized carbons (Fsp3) is 0.538. The van der Waals surface area contributed by atoms with E-state index in [9.17, 15) is 0 Å². The SMILES string of the molecule is COC1CCC(Nc2cc(C)cc3ncnn23)C1. The number of fused-ring (bicyclic) bond motifs is 1. The Balaban J connectivity index is 1.84. The molecular weight excluding hydrogens is 228 g/mol. The Morgan fingerprint density at radius 2 is 2.28 bits per heavy atom. The van der Waals surface area contributed by atoms with Crippen molar-refractivity contribution in [3.05, 3.63) is 24.0 Å². The summed E-state index contributed by atoms with van der Waals surface area (Å²) >= 11 is 0. The van der Waals surface area contributed by atoms with E-state index in [2.05, 4.69) is 28.4 Å². The van der Waals surface area contributed by atoms with Crippen LogP contribution in [0.5, 0.6) is 0 Å². The van der Waals surface area contributed by atoms with Crippen LogP contribution in [0.1, 0.15) is 24.8 Å². The average molecular weight is 246 g/mol. The van der Waals surface area contributed by atoms with Gasteiger partial charge in [-0.05, 0) is 43.9 Å². The van der Waals surface area contributed by atoms with E-state index in [1.165, 1.54) is 5.56 Å². The highest BCUT2D eigenvalue weighted by atomic mass is 16.5. The minimum absolute atomic E-state index is 0.388. The van der Waals surface area contributed by atoms with Crippen LogP contribution in [0.4, 0.5) is 5.82 Å². The molecule has 0 aromatic carbocycles. The molecule has 0 saturated heterocycles. The molecule has 1 saturated carbocycles. The highest BCUT2D eigenvalue weighted by molar-refractivity contribution is 5.51. The van der Waals surface area contributed by atoms with E-state index in [4.69, 9.17) is 4.74 Å². The fourth-order valence-electron chi connectivity index (χ4n) is 2.65. The lowest BCUT2D eigenvalue weighted by atomic mass is 10.2. The predicted octanol–water partition coefficient (Wildman–Crippen LogP) is 2.02. The Hall–Kier alpha value is -1.62. The molecule has 2 unspecified atom stereocenters. The van der Waals surface area contributed by atoms with Crippen molar-refractivity contribution < 1.29 is 4.74 Å². The Bertz CT molecular complexity index is 551. The first-order valence-corrected chi connectivity index (χ1v) is 6.36. The predicted molar refractivity (Wildman–Crippen MR) is 69.8 cm³/mol. The number of nitrogens with zero attached hydrogens (tertiary/aromatic N) is 3. The summed E-state index contributed by atoms with van der Waals surface area (Å²) in [6, 6.07) is 4.61. The Labute approximate surface area is 106 Å². The molecule has 2 aromatic rings. The van der Waals surface area contributed by atoms with Crippen LogP contribution in [0, 0.1) is 6.92 Å². The summed E-state index contributed by atoms with van der Waals surface area (Å²) in [4.78, 5) is 4.23. The van der Waals surface area contributed by atoms with Gasteiger partial charge in [-0.2, -0.15) is 9.61 Å². The van der Waals surface area contributed by atoms with Gasteiger partial charge in [-0.15, -0.1) is 0 Å². The molecule has 18 heavy (non-hydrogen) atoms.